The van der Waals surface area contributed by atoms with E-state index in [1.807, 2.05) is 0 Å². The van der Waals surface area contributed by atoms with Crippen LogP contribution in [0.1, 0.15) is 59.8 Å². The minimum Gasteiger partial charge on any atom is -0.316 e. The SMILES string of the molecule is CC(C)C(C)(C)CNCCC1CC2CCC(C1)N2. The highest BCUT2D eigenvalue weighted by Crippen LogP contribution is 2.32. The van der Waals surface area contributed by atoms with Crippen LogP contribution in [0.15, 0.2) is 0 Å². The van der Waals surface area contributed by atoms with E-state index in [-0.39, 0.29) is 0 Å². The monoisotopic (exact) mass is 252 g/mol. The molecule has 2 aliphatic heterocycles. The summed E-state index contributed by atoms with van der Waals surface area (Å²) in [4.78, 5) is 0. The Morgan fingerprint density at radius 3 is 2.33 bits per heavy atom. The molecule has 106 valence electrons. The number of piperidine rings is 1. The predicted octanol–water partition coefficient (Wildman–Crippen LogP) is 3.18. The zero-order valence-electron chi connectivity index (χ0n) is 12.8. The second-order valence-electron chi connectivity index (χ2n) is 7.58. The van der Waals surface area contributed by atoms with E-state index >= 15 is 0 Å². The van der Waals surface area contributed by atoms with Crippen LogP contribution >= 0.6 is 0 Å². The van der Waals surface area contributed by atoms with E-state index in [1.165, 1.54) is 38.6 Å². The minimum atomic E-state index is 0.424. The van der Waals surface area contributed by atoms with Crippen molar-refractivity contribution in [2.75, 3.05) is 13.1 Å². The molecule has 0 radical (unpaired) electrons. The molecule has 2 nitrogen and oxygen atoms in total. The molecule has 2 atom stereocenters. The second kappa shape index (κ2) is 5.92. The van der Waals surface area contributed by atoms with Gasteiger partial charge in [-0.3, -0.25) is 0 Å². The molecule has 0 amide bonds. The average molecular weight is 252 g/mol. The standard InChI is InChI=1S/C16H32N2/c1-12(2)16(3,4)11-17-8-7-13-9-14-5-6-15(10-13)18-14/h12-15,17-18H,5-11H2,1-4H3. The van der Waals surface area contributed by atoms with Crippen molar-refractivity contribution < 1.29 is 0 Å². The molecule has 2 rings (SSSR count). The fraction of sp³-hybridized carbons (Fsp3) is 1.00. The first-order valence-corrected chi connectivity index (χ1v) is 7.94. The molecule has 2 unspecified atom stereocenters. The molecule has 2 saturated heterocycles. The lowest BCUT2D eigenvalue weighted by Gasteiger charge is -2.31. The molecular formula is C16H32N2. The van der Waals surface area contributed by atoms with Gasteiger partial charge in [-0.2, -0.15) is 0 Å². The van der Waals surface area contributed by atoms with Crippen molar-refractivity contribution in [3.8, 4) is 0 Å². The van der Waals surface area contributed by atoms with Gasteiger partial charge in [-0.1, -0.05) is 27.7 Å². The molecule has 2 N–H and O–H groups in total. The van der Waals surface area contributed by atoms with Gasteiger partial charge in [0, 0.05) is 18.6 Å². The number of hydrogen-bond donors (Lipinski definition) is 2. The highest BCUT2D eigenvalue weighted by atomic mass is 15.0. The van der Waals surface area contributed by atoms with E-state index in [0.29, 0.717) is 5.41 Å². The van der Waals surface area contributed by atoms with E-state index < -0.39 is 0 Å². The van der Waals surface area contributed by atoms with Gasteiger partial charge in [0.1, 0.15) is 0 Å². The van der Waals surface area contributed by atoms with Crippen LogP contribution in [0.4, 0.5) is 0 Å². The molecule has 0 aromatic rings. The first-order valence-electron chi connectivity index (χ1n) is 7.94. The van der Waals surface area contributed by atoms with Gasteiger partial charge < -0.3 is 10.6 Å². The van der Waals surface area contributed by atoms with Gasteiger partial charge in [0.25, 0.3) is 0 Å². The number of nitrogens with one attached hydrogen (secondary N) is 2. The molecule has 0 spiro atoms. The van der Waals surface area contributed by atoms with Crippen LogP contribution < -0.4 is 10.6 Å². The molecule has 0 saturated carbocycles. The van der Waals surface area contributed by atoms with Crippen LogP contribution in [0.5, 0.6) is 0 Å². The van der Waals surface area contributed by atoms with Crippen molar-refractivity contribution in [1.29, 1.82) is 0 Å². The molecular weight excluding hydrogens is 220 g/mol. The largest absolute Gasteiger partial charge is 0.316 e. The smallest absolute Gasteiger partial charge is 0.00728 e. The van der Waals surface area contributed by atoms with Crippen LogP contribution in [0.2, 0.25) is 0 Å². The Morgan fingerprint density at radius 2 is 1.78 bits per heavy atom. The lowest BCUT2D eigenvalue weighted by molar-refractivity contribution is 0.230. The third-order valence-electron chi connectivity index (χ3n) is 5.44. The van der Waals surface area contributed by atoms with Crippen molar-refractivity contribution in [3.63, 3.8) is 0 Å². The normalized spacial score (nSPS) is 32.2. The Hall–Kier alpha value is -0.0800. The van der Waals surface area contributed by atoms with Crippen LogP contribution in [0.3, 0.4) is 0 Å². The number of fused-ring (bicyclic) bond motifs is 2. The molecule has 2 bridgehead atoms. The molecule has 0 aliphatic carbocycles. The van der Waals surface area contributed by atoms with Gasteiger partial charge in [-0.15, -0.1) is 0 Å². The highest BCUT2D eigenvalue weighted by Gasteiger charge is 2.33. The maximum Gasteiger partial charge on any atom is 0.00728 e. The van der Waals surface area contributed by atoms with Crippen LogP contribution in [-0.4, -0.2) is 25.2 Å². The number of hydrogen-bond acceptors (Lipinski definition) is 2. The summed E-state index contributed by atoms with van der Waals surface area (Å²) >= 11 is 0. The van der Waals surface area contributed by atoms with E-state index in [2.05, 4.69) is 38.3 Å². The van der Waals surface area contributed by atoms with Crippen LogP contribution in [0.25, 0.3) is 0 Å². The van der Waals surface area contributed by atoms with Crippen molar-refractivity contribution >= 4 is 0 Å². The fourth-order valence-electron chi connectivity index (χ4n) is 3.33. The molecule has 2 aliphatic rings. The van der Waals surface area contributed by atoms with E-state index in [0.717, 1.165) is 30.5 Å². The van der Waals surface area contributed by atoms with Gasteiger partial charge in [-0.05, 0) is 55.9 Å². The third-order valence-corrected chi connectivity index (χ3v) is 5.44. The maximum atomic E-state index is 3.73. The summed E-state index contributed by atoms with van der Waals surface area (Å²) in [6.45, 7) is 11.8. The Bertz CT molecular complexity index is 248. The van der Waals surface area contributed by atoms with Crippen molar-refractivity contribution in [3.05, 3.63) is 0 Å². The van der Waals surface area contributed by atoms with Gasteiger partial charge in [0.15, 0.2) is 0 Å². The topological polar surface area (TPSA) is 24.1 Å². The van der Waals surface area contributed by atoms with E-state index in [4.69, 9.17) is 0 Å². The summed E-state index contributed by atoms with van der Waals surface area (Å²) in [5.74, 6) is 1.72. The van der Waals surface area contributed by atoms with Crippen LogP contribution in [0, 0.1) is 17.3 Å². The Labute approximate surface area is 113 Å². The van der Waals surface area contributed by atoms with Crippen molar-refractivity contribution in [2.45, 2.75) is 71.9 Å². The van der Waals surface area contributed by atoms with Crippen molar-refractivity contribution in [2.24, 2.45) is 17.3 Å². The molecule has 0 aromatic carbocycles. The highest BCUT2D eigenvalue weighted by molar-refractivity contribution is 4.92. The molecule has 18 heavy (non-hydrogen) atoms. The van der Waals surface area contributed by atoms with Gasteiger partial charge in [0.2, 0.25) is 0 Å². The lowest BCUT2D eigenvalue weighted by Crippen LogP contribution is -2.39. The summed E-state index contributed by atoms with van der Waals surface area (Å²) in [5.41, 5.74) is 0.424. The molecule has 2 heteroatoms. The first-order chi connectivity index (χ1) is 8.47. The summed E-state index contributed by atoms with van der Waals surface area (Å²) in [5, 5.41) is 7.41. The predicted molar refractivity (Wildman–Crippen MR) is 78.8 cm³/mol. The molecule has 2 heterocycles. The molecule has 0 aromatic heterocycles. The average Bonchev–Trinajstić information content (AvgIpc) is 2.64. The Balaban J connectivity index is 1.61. The second-order valence-corrected chi connectivity index (χ2v) is 7.58. The summed E-state index contributed by atoms with van der Waals surface area (Å²) < 4.78 is 0. The quantitative estimate of drug-likeness (QED) is 0.710. The maximum absolute atomic E-state index is 3.73. The zero-order chi connectivity index (χ0) is 13.2. The lowest BCUT2D eigenvalue weighted by atomic mass is 9.81. The zero-order valence-corrected chi connectivity index (χ0v) is 12.8. The Morgan fingerprint density at radius 1 is 1.17 bits per heavy atom. The molecule has 2 fully saturated rings. The first kappa shape index (κ1) is 14.3. The Kier molecular flexibility index (Phi) is 4.71. The van der Waals surface area contributed by atoms with Gasteiger partial charge >= 0.3 is 0 Å². The third kappa shape index (κ3) is 3.71. The summed E-state index contributed by atoms with van der Waals surface area (Å²) in [6.07, 6.45) is 7.07. The summed E-state index contributed by atoms with van der Waals surface area (Å²) in [7, 11) is 0. The fourth-order valence-corrected chi connectivity index (χ4v) is 3.33. The van der Waals surface area contributed by atoms with E-state index in [9.17, 15) is 0 Å². The van der Waals surface area contributed by atoms with E-state index in [1.54, 1.807) is 0 Å². The number of rotatable bonds is 6. The van der Waals surface area contributed by atoms with Gasteiger partial charge in [-0.25, -0.2) is 0 Å². The van der Waals surface area contributed by atoms with Gasteiger partial charge in [0.05, 0.1) is 0 Å². The summed E-state index contributed by atoms with van der Waals surface area (Å²) in [6, 6.07) is 1.70. The minimum absolute atomic E-state index is 0.424. The van der Waals surface area contributed by atoms with Crippen molar-refractivity contribution in [1.82, 2.24) is 10.6 Å². The van der Waals surface area contributed by atoms with Crippen LogP contribution in [-0.2, 0) is 0 Å².